The molecule has 0 radical (unpaired) electrons. The number of anilines is 1. The lowest BCUT2D eigenvalue weighted by atomic mass is 9.89. The topological polar surface area (TPSA) is 259 Å². The number of nitrogens with zero attached hydrogens (tertiary/aromatic N) is 5. The highest BCUT2D eigenvalue weighted by Gasteiger charge is 2.63. The van der Waals surface area contributed by atoms with Gasteiger partial charge in [-0.05, 0) is 93.3 Å². The van der Waals surface area contributed by atoms with E-state index in [2.05, 4.69) is 107 Å². The second-order valence-corrected chi connectivity index (χ2v) is 30.4. The number of thiazole rings is 3. The number of benzene rings is 2. The van der Waals surface area contributed by atoms with Gasteiger partial charge in [0, 0.05) is 40.8 Å². The van der Waals surface area contributed by atoms with Crippen LogP contribution in [0.3, 0.4) is 0 Å². The van der Waals surface area contributed by atoms with Crippen molar-refractivity contribution >= 4 is 128 Å². The molecule has 7 heterocycles. The molecule has 2 aliphatic carbocycles. The van der Waals surface area contributed by atoms with E-state index in [9.17, 15) is 28.8 Å². The number of carbonyl (C=O) groups is 6. The molecule has 2 saturated carbocycles. The summed E-state index contributed by atoms with van der Waals surface area (Å²) in [5.74, 6) is -2.48. The van der Waals surface area contributed by atoms with E-state index in [4.69, 9.17) is 41.9 Å². The lowest BCUT2D eigenvalue weighted by Gasteiger charge is -2.29. The number of esters is 2. The number of allylic oxidation sites excluding steroid dienone is 3. The SMILES string of the molecule is C=C(CBr)C(C)(C)C.COC(=O)[C@@]12C[C@H]1/C=C\CCCCC[C@H](NC(N)=S)C(=O)N1C[C@H](Oc3nc4ccccc4s3)C[C@H]1C(=O)N2.COC(=O)[C@@]12C[C@H]1/C=C\CCCCC[C@H](Nc1nc(C(C)(C)C)cs1)C(=O)N1C[C@H](Oc3nc4ccccc4s3)C[C@H]1C(=O)N2. The lowest BCUT2D eigenvalue weighted by Crippen LogP contribution is -2.56. The molecule has 20 nitrogen and oxygen atoms in total. The molecule has 2 aromatic carbocycles. The molecule has 5 aromatic rings. The van der Waals surface area contributed by atoms with E-state index in [1.807, 2.05) is 66.1 Å². The summed E-state index contributed by atoms with van der Waals surface area (Å²) in [6.07, 6.45) is 17.0. The Morgan fingerprint density at radius 1 is 0.717 bits per heavy atom. The lowest BCUT2D eigenvalue weighted by molar-refractivity contribution is -0.148. The molecular formula is C67H87BrN10O10S4. The number of nitrogens with two attached hydrogens (primary N) is 1. The van der Waals surface area contributed by atoms with Crippen molar-refractivity contribution in [3.05, 3.63) is 96.1 Å². The molecule has 0 unspecified atom stereocenters. The van der Waals surface area contributed by atoms with Gasteiger partial charge in [-0.3, -0.25) is 19.2 Å². The summed E-state index contributed by atoms with van der Waals surface area (Å²) in [6, 6.07) is 12.6. The predicted molar refractivity (Wildman–Crippen MR) is 369 cm³/mol. The van der Waals surface area contributed by atoms with Crippen molar-refractivity contribution in [3.63, 3.8) is 0 Å². The number of rotatable bonds is 10. The van der Waals surface area contributed by atoms with Gasteiger partial charge in [0.1, 0.15) is 47.5 Å². The Morgan fingerprint density at radius 3 is 1.60 bits per heavy atom. The largest absolute Gasteiger partial charge is 0.467 e. The monoisotopic (exact) mass is 1400 g/mol. The van der Waals surface area contributed by atoms with Gasteiger partial charge >= 0.3 is 11.9 Å². The van der Waals surface area contributed by atoms with Gasteiger partial charge in [0.05, 0.1) is 53.4 Å². The molecule has 496 valence electrons. The molecule has 11 rings (SSSR count). The molecule has 4 fully saturated rings. The molecule has 6 N–H and O–H groups in total. The third kappa shape index (κ3) is 17.0. The van der Waals surface area contributed by atoms with Crippen molar-refractivity contribution < 1.29 is 47.7 Å². The molecule has 10 atom stereocenters. The maximum absolute atomic E-state index is 14.4. The first-order valence-corrected chi connectivity index (χ1v) is 35.7. The molecular weight excluding hydrogens is 1310 g/mol. The predicted octanol–water partition coefficient (Wildman–Crippen LogP) is 10.8. The molecule has 2 saturated heterocycles. The van der Waals surface area contributed by atoms with Gasteiger partial charge in [-0.25, -0.2) is 24.5 Å². The first-order valence-electron chi connectivity index (χ1n) is 31.7. The van der Waals surface area contributed by atoms with Crippen molar-refractivity contribution in [1.82, 2.24) is 40.7 Å². The first kappa shape index (κ1) is 69.8. The second kappa shape index (κ2) is 30.2. The Bertz CT molecular complexity index is 3490. The minimum atomic E-state index is -1.13. The van der Waals surface area contributed by atoms with Crippen LogP contribution in [0.4, 0.5) is 5.13 Å². The average molecular weight is 1400 g/mol. The fourth-order valence-electron chi connectivity index (χ4n) is 11.9. The standard InChI is InChI=1S/C33H41N5O5S2.C27H33N5O5S2.C7H13Br/c1-32(2,3)26-19-44-30(36-26)34-23-14-9-7-5-6-8-12-20-17-33(20,29(41)42-4)37-27(39)24-16-21(18-38(24)28(23)40)43-31-35-22-13-10-11-15-25(22)45-31;1-36-24(35)27-14-16(27)9-5-3-2-4-6-11-19(29-25(28)38)23(34)32-15-17(13-20(32)22(33)31-27)37-26-30-18-10-7-8-12-21(18)39-26;1-6(5-8)7(2,3)4/h8,10-13,15,19-21,23-24H,5-7,9,14,16-18H2,1-4H3,(H,34,36)(H,37,39);5,7-10,12,16-17,19-20H,2-4,6,11,13-15H2,1H3,(H,31,33)(H3,28,29,38);1,5H2,2-4H3/b12-8-;9-5-;/t20-,21-,23+,24+,33-;16-,17-,19+,20+,27-;/m11./s1. The number of nitrogens with one attached hydrogen (secondary N) is 4. The summed E-state index contributed by atoms with van der Waals surface area (Å²) >= 11 is 12.8. The van der Waals surface area contributed by atoms with Crippen LogP contribution in [0.5, 0.6) is 10.4 Å². The highest BCUT2D eigenvalue weighted by atomic mass is 79.9. The molecule has 4 amide bonds. The highest BCUT2D eigenvalue weighted by Crippen LogP contribution is 2.48. The summed E-state index contributed by atoms with van der Waals surface area (Å²) in [4.78, 5) is 98.8. The Balaban J connectivity index is 0.000000196. The number of thiocarbonyl (C=S) groups is 1. The van der Waals surface area contributed by atoms with Gasteiger partial charge < -0.3 is 55.7 Å². The van der Waals surface area contributed by atoms with Crippen molar-refractivity contribution in [2.75, 3.05) is 38.0 Å². The minimum Gasteiger partial charge on any atom is -0.467 e. The zero-order chi connectivity index (χ0) is 66.1. The fraction of sp³-hybridized carbons (Fsp3) is 0.552. The van der Waals surface area contributed by atoms with Crippen LogP contribution in [-0.2, 0) is 43.7 Å². The Kier molecular flexibility index (Phi) is 22.9. The van der Waals surface area contributed by atoms with E-state index < -0.39 is 65.3 Å². The van der Waals surface area contributed by atoms with Crippen molar-refractivity contribution in [3.8, 4) is 10.4 Å². The average Bonchev–Trinajstić information content (AvgIpc) is 1.59. The fourth-order valence-corrected chi connectivity index (χ4v) is 15.7. The number of methoxy groups -OCH3 is 2. The minimum absolute atomic E-state index is 0.0298. The Hall–Kier alpha value is -6.54. The third-order valence-corrected chi connectivity index (χ3v) is 21.2. The van der Waals surface area contributed by atoms with Gasteiger partial charge in [-0.15, -0.1) is 11.3 Å². The maximum Gasteiger partial charge on any atom is 0.332 e. The maximum atomic E-state index is 14.4. The number of aromatic nitrogens is 3. The van der Waals surface area contributed by atoms with Crippen molar-refractivity contribution in [2.24, 2.45) is 23.0 Å². The van der Waals surface area contributed by atoms with E-state index in [-0.39, 0.29) is 71.4 Å². The summed E-state index contributed by atoms with van der Waals surface area (Å²) in [5, 5.41) is 16.9. The van der Waals surface area contributed by atoms with E-state index in [1.165, 1.54) is 58.7 Å². The number of hydrogen-bond donors (Lipinski definition) is 5. The van der Waals surface area contributed by atoms with Crippen molar-refractivity contribution in [2.45, 2.75) is 184 Å². The zero-order valence-electron chi connectivity index (χ0n) is 53.8. The van der Waals surface area contributed by atoms with Crippen LogP contribution >= 0.6 is 62.2 Å². The molecule has 6 aliphatic rings. The van der Waals surface area contributed by atoms with Crippen LogP contribution in [0.25, 0.3) is 20.4 Å². The Labute approximate surface area is 564 Å². The van der Waals surface area contributed by atoms with Gasteiger partial charge in [-0.1, -0.05) is 167 Å². The molecule has 25 heteroatoms. The van der Waals surface area contributed by atoms with Gasteiger partial charge in [-0.2, -0.15) is 0 Å². The number of para-hydroxylation sites is 2. The highest BCUT2D eigenvalue weighted by molar-refractivity contribution is 9.09. The summed E-state index contributed by atoms with van der Waals surface area (Å²) < 4.78 is 24.7. The number of hydrogen-bond acceptors (Lipinski definition) is 18. The number of carbonyl (C=O) groups excluding carboxylic acids is 6. The number of ether oxygens (including phenoxy) is 4. The van der Waals surface area contributed by atoms with Crippen LogP contribution in [0.1, 0.15) is 137 Å². The van der Waals surface area contributed by atoms with Crippen LogP contribution in [0.15, 0.2) is 90.4 Å². The van der Waals surface area contributed by atoms with Crippen LogP contribution in [0, 0.1) is 17.3 Å². The second-order valence-electron chi connectivity index (χ2n) is 26.6. The number of halogens is 1. The van der Waals surface area contributed by atoms with E-state index in [0.29, 0.717) is 41.2 Å². The van der Waals surface area contributed by atoms with Crippen LogP contribution < -0.4 is 36.5 Å². The molecule has 4 aliphatic heterocycles. The number of alkyl halides is 1. The van der Waals surface area contributed by atoms with Crippen LogP contribution in [-0.4, -0.2) is 146 Å². The van der Waals surface area contributed by atoms with Crippen molar-refractivity contribution in [1.29, 1.82) is 0 Å². The number of fused-ring (bicyclic) bond motifs is 6. The van der Waals surface area contributed by atoms with E-state index >= 15 is 0 Å². The van der Waals surface area contributed by atoms with Gasteiger partial charge in [0.2, 0.25) is 23.6 Å². The van der Waals surface area contributed by atoms with E-state index in [0.717, 1.165) is 82.8 Å². The smallest absolute Gasteiger partial charge is 0.332 e. The van der Waals surface area contributed by atoms with E-state index in [1.54, 1.807) is 4.90 Å². The number of amides is 4. The first-order chi connectivity index (χ1) is 43.9. The molecule has 0 bridgehead atoms. The van der Waals surface area contributed by atoms with Crippen LogP contribution in [0.2, 0.25) is 0 Å². The van der Waals surface area contributed by atoms with Gasteiger partial charge in [0.15, 0.2) is 10.2 Å². The summed E-state index contributed by atoms with van der Waals surface area (Å²) in [6.45, 7) is 17.1. The Morgan fingerprint density at radius 2 is 1.18 bits per heavy atom. The molecule has 92 heavy (non-hydrogen) atoms. The summed E-state index contributed by atoms with van der Waals surface area (Å²) in [5.41, 5.74) is 7.55. The zero-order valence-corrected chi connectivity index (χ0v) is 58.6. The summed E-state index contributed by atoms with van der Waals surface area (Å²) in [7, 11) is 2.65. The third-order valence-electron chi connectivity index (χ3n) is 17.8. The van der Waals surface area contributed by atoms with Gasteiger partial charge in [0.25, 0.3) is 10.4 Å². The normalized spacial score (nSPS) is 27.7. The quantitative estimate of drug-likeness (QED) is 0.0377. The molecule has 3 aromatic heterocycles. The molecule has 0 spiro atoms.